The molecule has 0 aliphatic rings. The van der Waals surface area contributed by atoms with Crippen molar-refractivity contribution in [3.63, 3.8) is 0 Å². The Kier molecular flexibility index (Phi) is 6.28. The van der Waals surface area contributed by atoms with Crippen LogP contribution in [0.1, 0.15) is 13.3 Å². The summed E-state index contributed by atoms with van der Waals surface area (Å²) in [7, 11) is 0. The fraction of sp³-hybridized carbons (Fsp3) is 0.308. The summed E-state index contributed by atoms with van der Waals surface area (Å²) in [5.74, 6) is -0.444. The van der Waals surface area contributed by atoms with Gasteiger partial charge in [-0.1, -0.05) is 24.2 Å². The van der Waals surface area contributed by atoms with Gasteiger partial charge in [0.15, 0.2) is 17.5 Å². The highest BCUT2D eigenvalue weighted by molar-refractivity contribution is 7.80. The van der Waals surface area contributed by atoms with E-state index in [0.29, 0.717) is 6.54 Å². The van der Waals surface area contributed by atoms with Crippen molar-refractivity contribution >= 4 is 34.9 Å². The van der Waals surface area contributed by atoms with Crippen LogP contribution in [-0.4, -0.2) is 42.8 Å². The number of benzene rings is 1. The molecule has 1 amide bonds. The van der Waals surface area contributed by atoms with E-state index in [2.05, 4.69) is 26.0 Å². The van der Waals surface area contributed by atoms with Gasteiger partial charge in [0, 0.05) is 6.07 Å². The molecule has 0 bridgehead atoms. The molecular weight excluding hydrogens is 350 g/mol. The van der Waals surface area contributed by atoms with Crippen LogP contribution in [0.4, 0.5) is 11.6 Å². The Labute approximate surface area is 147 Å². The van der Waals surface area contributed by atoms with E-state index in [1.165, 1.54) is 23.0 Å². The number of anilines is 1. The topological polar surface area (TPSA) is 137 Å². The van der Waals surface area contributed by atoms with Gasteiger partial charge in [-0.15, -0.1) is 5.10 Å². The van der Waals surface area contributed by atoms with Gasteiger partial charge in [-0.25, -0.2) is 0 Å². The number of rotatable bonds is 7. The van der Waals surface area contributed by atoms with Gasteiger partial charge >= 0.3 is 5.69 Å². The van der Waals surface area contributed by atoms with Gasteiger partial charge in [-0.2, -0.15) is 4.80 Å². The Balaban J connectivity index is 1.83. The molecule has 132 valence electrons. The first kappa shape index (κ1) is 18.2. The minimum atomic E-state index is -0.593. The number of nitrogens with zero attached hydrogens (tertiary/aromatic N) is 5. The van der Waals surface area contributed by atoms with Gasteiger partial charge < -0.3 is 4.74 Å². The van der Waals surface area contributed by atoms with Gasteiger partial charge in [0.2, 0.25) is 0 Å². The lowest BCUT2D eigenvalue weighted by Gasteiger charge is -2.08. The summed E-state index contributed by atoms with van der Waals surface area (Å²) < 4.78 is 5.16. The lowest BCUT2D eigenvalue weighted by Crippen LogP contribution is -2.37. The number of aromatic nitrogens is 4. The first-order chi connectivity index (χ1) is 12.0. The maximum atomic E-state index is 11.8. The molecule has 0 saturated heterocycles. The van der Waals surface area contributed by atoms with Gasteiger partial charge in [0.25, 0.3) is 11.9 Å². The second-order valence-corrected chi connectivity index (χ2v) is 5.13. The summed E-state index contributed by atoms with van der Waals surface area (Å²) in [4.78, 5) is 23.5. The Morgan fingerprint density at radius 1 is 1.44 bits per heavy atom. The van der Waals surface area contributed by atoms with Crippen LogP contribution in [0.15, 0.2) is 24.3 Å². The fourth-order valence-corrected chi connectivity index (χ4v) is 1.96. The average Bonchev–Trinajstić information content (AvgIpc) is 3.00. The maximum Gasteiger partial charge on any atom is 0.310 e. The van der Waals surface area contributed by atoms with E-state index in [0.717, 1.165) is 6.42 Å². The fourth-order valence-electron chi connectivity index (χ4n) is 1.76. The Hall–Kier alpha value is -3.15. The number of carbonyl (C=O) groups is 1. The van der Waals surface area contributed by atoms with Crippen LogP contribution in [0, 0.1) is 10.1 Å². The van der Waals surface area contributed by atoms with Crippen molar-refractivity contribution in [1.82, 2.24) is 25.5 Å². The molecule has 0 aliphatic heterocycles. The predicted molar refractivity (Wildman–Crippen MR) is 91.1 cm³/mol. The largest absolute Gasteiger partial charge is 0.477 e. The zero-order chi connectivity index (χ0) is 18.2. The van der Waals surface area contributed by atoms with Crippen LogP contribution < -0.4 is 15.4 Å². The highest BCUT2D eigenvalue weighted by Crippen LogP contribution is 2.25. The molecule has 12 heteroatoms. The molecule has 0 unspecified atom stereocenters. The molecule has 0 saturated carbocycles. The van der Waals surface area contributed by atoms with E-state index in [9.17, 15) is 14.9 Å². The van der Waals surface area contributed by atoms with Crippen LogP contribution in [-0.2, 0) is 11.3 Å². The number of para-hydroxylation sites is 2. The van der Waals surface area contributed by atoms with Crippen molar-refractivity contribution < 1.29 is 14.5 Å². The van der Waals surface area contributed by atoms with E-state index in [1.54, 1.807) is 6.07 Å². The van der Waals surface area contributed by atoms with Gasteiger partial charge in [-0.3, -0.25) is 25.5 Å². The highest BCUT2D eigenvalue weighted by Gasteiger charge is 2.15. The Bertz CT molecular complexity index is 779. The van der Waals surface area contributed by atoms with E-state index in [1.807, 2.05) is 6.92 Å². The molecule has 1 aromatic heterocycles. The molecule has 25 heavy (non-hydrogen) atoms. The SMILES string of the molecule is CCCn1nnc(NC(=S)NC(=O)COc2ccccc2[N+](=O)[O-])n1. The molecule has 2 N–H and O–H groups in total. The third kappa shape index (κ3) is 5.46. The molecule has 2 aromatic rings. The monoisotopic (exact) mass is 365 g/mol. The quantitative estimate of drug-likeness (QED) is 0.416. The molecular formula is C13H15N7O4S. The number of hydrogen-bond donors (Lipinski definition) is 2. The normalized spacial score (nSPS) is 10.1. The Morgan fingerprint density at radius 3 is 2.92 bits per heavy atom. The molecule has 11 nitrogen and oxygen atoms in total. The summed E-state index contributed by atoms with van der Waals surface area (Å²) in [5, 5.41) is 27.3. The second kappa shape index (κ2) is 8.63. The first-order valence-corrected chi connectivity index (χ1v) is 7.65. The van der Waals surface area contributed by atoms with E-state index in [4.69, 9.17) is 17.0 Å². The molecule has 0 atom stereocenters. The number of aryl methyl sites for hydroxylation is 1. The highest BCUT2D eigenvalue weighted by atomic mass is 32.1. The number of thiocarbonyl (C=S) groups is 1. The standard InChI is InChI=1S/C13H15N7O4S/c1-2-7-19-17-12(16-18-19)15-13(25)14-11(21)8-24-10-6-4-3-5-9(10)20(22)23/h3-6H,2,7-8H2,1H3,(H2,14,15,17,21,25). The van der Waals surface area contributed by atoms with Crippen molar-refractivity contribution in [2.45, 2.75) is 19.9 Å². The first-order valence-electron chi connectivity index (χ1n) is 7.24. The summed E-state index contributed by atoms with van der Waals surface area (Å²) in [6.07, 6.45) is 0.847. The summed E-state index contributed by atoms with van der Waals surface area (Å²) >= 11 is 4.96. The number of nitrogens with one attached hydrogen (secondary N) is 2. The van der Waals surface area contributed by atoms with Crippen LogP contribution >= 0.6 is 12.2 Å². The van der Waals surface area contributed by atoms with Crippen molar-refractivity contribution in [3.8, 4) is 5.75 Å². The number of ether oxygens (including phenoxy) is 1. The lowest BCUT2D eigenvalue weighted by atomic mass is 10.3. The predicted octanol–water partition coefficient (Wildman–Crippen LogP) is 0.883. The maximum absolute atomic E-state index is 11.8. The lowest BCUT2D eigenvalue weighted by molar-refractivity contribution is -0.385. The Morgan fingerprint density at radius 2 is 2.20 bits per heavy atom. The molecule has 0 aliphatic carbocycles. The summed E-state index contributed by atoms with van der Waals surface area (Å²) in [5.41, 5.74) is -0.229. The zero-order valence-electron chi connectivity index (χ0n) is 13.2. The van der Waals surface area contributed by atoms with Crippen LogP contribution in [0.25, 0.3) is 0 Å². The van der Waals surface area contributed by atoms with Gasteiger partial charge in [0.05, 0.1) is 11.5 Å². The van der Waals surface area contributed by atoms with Crippen LogP contribution in [0.5, 0.6) is 5.75 Å². The molecule has 0 fully saturated rings. The minimum absolute atomic E-state index is 0.00861. The minimum Gasteiger partial charge on any atom is -0.477 e. The smallest absolute Gasteiger partial charge is 0.310 e. The molecule has 1 heterocycles. The van der Waals surface area contributed by atoms with Crippen LogP contribution in [0.2, 0.25) is 0 Å². The van der Waals surface area contributed by atoms with Gasteiger partial charge in [0.1, 0.15) is 0 Å². The molecule has 0 radical (unpaired) electrons. The van der Waals surface area contributed by atoms with Gasteiger partial charge in [-0.05, 0) is 29.9 Å². The summed E-state index contributed by atoms with van der Waals surface area (Å²) in [6, 6.07) is 5.75. The zero-order valence-corrected chi connectivity index (χ0v) is 14.0. The number of tetrazole rings is 1. The second-order valence-electron chi connectivity index (χ2n) is 4.72. The van der Waals surface area contributed by atoms with Crippen LogP contribution in [0.3, 0.4) is 0 Å². The number of hydrogen-bond acceptors (Lipinski definition) is 8. The number of nitro groups is 1. The molecule has 2 rings (SSSR count). The number of nitro benzene ring substituents is 1. The molecule has 0 spiro atoms. The van der Waals surface area contributed by atoms with E-state index >= 15 is 0 Å². The van der Waals surface area contributed by atoms with E-state index < -0.39 is 17.4 Å². The van der Waals surface area contributed by atoms with Crippen molar-refractivity contribution in [1.29, 1.82) is 0 Å². The number of amides is 1. The van der Waals surface area contributed by atoms with Crippen molar-refractivity contribution in [2.75, 3.05) is 11.9 Å². The van der Waals surface area contributed by atoms with E-state index in [-0.39, 0.29) is 22.5 Å². The third-order valence-corrected chi connectivity index (χ3v) is 2.98. The molecule has 1 aromatic carbocycles. The number of carbonyl (C=O) groups excluding carboxylic acids is 1. The van der Waals surface area contributed by atoms with Crippen molar-refractivity contribution in [3.05, 3.63) is 34.4 Å². The summed E-state index contributed by atoms with van der Waals surface area (Å²) in [6.45, 7) is 2.14. The third-order valence-electron chi connectivity index (χ3n) is 2.78. The van der Waals surface area contributed by atoms with Crippen molar-refractivity contribution in [2.24, 2.45) is 0 Å². The average molecular weight is 365 g/mol.